The minimum absolute atomic E-state index is 0.452. The highest BCUT2D eigenvalue weighted by Crippen LogP contribution is 2.33. The quantitative estimate of drug-likeness (QED) is 0.460. The molecule has 2 aromatic heterocycles. The zero-order valence-electron chi connectivity index (χ0n) is 15.4. The van der Waals surface area contributed by atoms with E-state index in [4.69, 9.17) is 5.73 Å². The van der Waals surface area contributed by atoms with E-state index < -0.39 is 0 Å². The predicted octanol–water partition coefficient (Wildman–Crippen LogP) is 5.08. The van der Waals surface area contributed by atoms with Gasteiger partial charge in [0.1, 0.15) is 12.0 Å². The molecule has 0 unspecified atom stereocenters. The molecule has 0 spiro atoms. The highest BCUT2D eigenvalue weighted by atomic mass is 32.1. The van der Waals surface area contributed by atoms with Crippen LogP contribution in [0.1, 0.15) is 16.7 Å². The summed E-state index contributed by atoms with van der Waals surface area (Å²) in [5.41, 5.74) is 12.2. The third-order valence-corrected chi connectivity index (χ3v) is 5.15. The Morgan fingerprint density at radius 3 is 2.33 bits per heavy atom. The lowest BCUT2D eigenvalue weighted by molar-refractivity contribution is 1.17. The third-order valence-electron chi connectivity index (χ3n) is 4.21. The van der Waals surface area contributed by atoms with E-state index in [1.54, 1.807) is 11.3 Å². The summed E-state index contributed by atoms with van der Waals surface area (Å²) in [5.74, 6) is 1.10. The van der Waals surface area contributed by atoms with E-state index in [2.05, 4.69) is 76.7 Å². The molecular formula is C20H20N6S. The molecular weight excluding hydrogens is 356 g/mol. The second-order valence-corrected chi connectivity index (χ2v) is 7.58. The summed E-state index contributed by atoms with van der Waals surface area (Å²) in [7, 11) is 0. The smallest absolute Gasteiger partial charge is 0.189 e. The van der Waals surface area contributed by atoms with Gasteiger partial charge in [-0.1, -0.05) is 29.5 Å². The van der Waals surface area contributed by atoms with Crippen LogP contribution in [-0.4, -0.2) is 15.0 Å². The third kappa shape index (κ3) is 3.54. The summed E-state index contributed by atoms with van der Waals surface area (Å²) in [4.78, 5) is 13.2. The number of aromatic nitrogens is 3. The lowest BCUT2D eigenvalue weighted by atomic mass is 10.1. The molecule has 0 bridgehead atoms. The zero-order chi connectivity index (χ0) is 19.0. The Morgan fingerprint density at radius 2 is 1.63 bits per heavy atom. The van der Waals surface area contributed by atoms with Gasteiger partial charge in [0.25, 0.3) is 0 Å². The number of hydrogen-bond donors (Lipinski definition) is 3. The maximum Gasteiger partial charge on any atom is 0.189 e. The molecule has 0 saturated heterocycles. The number of rotatable bonds is 4. The Morgan fingerprint density at radius 1 is 0.926 bits per heavy atom. The van der Waals surface area contributed by atoms with Crippen molar-refractivity contribution < 1.29 is 0 Å². The summed E-state index contributed by atoms with van der Waals surface area (Å²) in [6.45, 7) is 6.17. The highest BCUT2D eigenvalue weighted by molar-refractivity contribution is 7.22. The molecule has 0 aliphatic carbocycles. The van der Waals surface area contributed by atoms with Crippen molar-refractivity contribution in [2.75, 3.05) is 16.4 Å². The fourth-order valence-corrected chi connectivity index (χ4v) is 3.96. The van der Waals surface area contributed by atoms with Gasteiger partial charge in [-0.25, -0.2) is 15.0 Å². The predicted molar refractivity (Wildman–Crippen MR) is 113 cm³/mol. The average molecular weight is 376 g/mol. The number of fused-ring (bicyclic) bond motifs is 1. The van der Waals surface area contributed by atoms with Crippen molar-refractivity contribution in [2.24, 2.45) is 0 Å². The molecule has 6 nitrogen and oxygen atoms in total. The molecule has 27 heavy (non-hydrogen) atoms. The van der Waals surface area contributed by atoms with Crippen LogP contribution in [0.4, 0.5) is 28.1 Å². The van der Waals surface area contributed by atoms with Crippen molar-refractivity contribution in [3.05, 3.63) is 59.4 Å². The van der Waals surface area contributed by atoms with Crippen LogP contribution in [0.2, 0.25) is 0 Å². The first kappa shape index (κ1) is 17.2. The Kier molecular flexibility index (Phi) is 4.37. The second kappa shape index (κ2) is 6.85. The minimum Gasteiger partial charge on any atom is -0.393 e. The molecule has 0 aliphatic rings. The Labute approximate surface area is 161 Å². The lowest BCUT2D eigenvalue weighted by Gasteiger charge is -2.12. The van der Waals surface area contributed by atoms with Gasteiger partial charge in [0.15, 0.2) is 16.8 Å². The van der Waals surface area contributed by atoms with Gasteiger partial charge in [0, 0.05) is 5.69 Å². The molecule has 0 amide bonds. The van der Waals surface area contributed by atoms with Gasteiger partial charge < -0.3 is 16.4 Å². The molecule has 2 heterocycles. The van der Waals surface area contributed by atoms with E-state index in [0.29, 0.717) is 17.3 Å². The molecule has 0 fully saturated rings. The molecule has 7 heteroatoms. The molecule has 0 aliphatic heterocycles. The maximum absolute atomic E-state index is 6.31. The summed E-state index contributed by atoms with van der Waals surface area (Å²) in [5, 5.41) is 7.26. The molecule has 4 N–H and O–H groups in total. The number of thiazole rings is 1. The van der Waals surface area contributed by atoms with Crippen LogP contribution < -0.4 is 16.4 Å². The average Bonchev–Trinajstić information content (AvgIpc) is 3.02. The molecule has 0 radical (unpaired) electrons. The van der Waals surface area contributed by atoms with Crippen molar-refractivity contribution in [3.8, 4) is 0 Å². The summed E-state index contributed by atoms with van der Waals surface area (Å²) >= 11 is 1.57. The van der Waals surface area contributed by atoms with Crippen molar-refractivity contribution in [1.29, 1.82) is 0 Å². The van der Waals surface area contributed by atoms with Gasteiger partial charge in [0.05, 0.1) is 10.2 Å². The van der Waals surface area contributed by atoms with Crippen molar-refractivity contribution in [2.45, 2.75) is 20.8 Å². The van der Waals surface area contributed by atoms with E-state index in [1.807, 2.05) is 6.07 Å². The number of hydrogen-bond acceptors (Lipinski definition) is 7. The molecule has 2 aromatic carbocycles. The van der Waals surface area contributed by atoms with Gasteiger partial charge >= 0.3 is 0 Å². The Bertz CT molecular complexity index is 1110. The normalized spacial score (nSPS) is 10.9. The molecule has 0 atom stereocenters. The van der Waals surface area contributed by atoms with E-state index >= 15 is 0 Å². The van der Waals surface area contributed by atoms with Crippen LogP contribution in [0.15, 0.2) is 42.7 Å². The van der Waals surface area contributed by atoms with Gasteiger partial charge in [0.2, 0.25) is 0 Å². The van der Waals surface area contributed by atoms with E-state index in [-0.39, 0.29) is 0 Å². The standard InChI is InChI=1S/C20H20N6S/c1-11-7-12(2)9-14(8-11)24-18-16(21)19(23-10-22-18)26-20-25-17-13(3)5-4-6-15(17)27-20/h4-10H,21H2,1-3H3,(H2,22,23,24,25,26). The Hall–Kier alpha value is -3.19. The molecule has 0 saturated carbocycles. The molecule has 4 aromatic rings. The number of benzene rings is 2. The fourth-order valence-electron chi connectivity index (χ4n) is 3.02. The monoisotopic (exact) mass is 376 g/mol. The van der Waals surface area contributed by atoms with Crippen LogP contribution in [0.25, 0.3) is 10.2 Å². The van der Waals surface area contributed by atoms with Gasteiger partial charge in [-0.15, -0.1) is 0 Å². The van der Waals surface area contributed by atoms with E-state index in [9.17, 15) is 0 Å². The SMILES string of the molecule is Cc1cc(C)cc(Nc2ncnc(Nc3nc4c(C)cccc4s3)c2N)c1. The van der Waals surface area contributed by atoms with Gasteiger partial charge in [-0.2, -0.15) is 0 Å². The first-order chi connectivity index (χ1) is 13.0. The number of nitrogens with two attached hydrogens (primary N) is 1. The molecule has 136 valence electrons. The largest absolute Gasteiger partial charge is 0.393 e. The maximum atomic E-state index is 6.31. The van der Waals surface area contributed by atoms with E-state index in [1.165, 1.54) is 17.5 Å². The zero-order valence-corrected chi connectivity index (χ0v) is 16.2. The van der Waals surface area contributed by atoms with Crippen LogP contribution in [0.3, 0.4) is 0 Å². The highest BCUT2D eigenvalue weighted by Gasteiger charge is 2.12. The lowest BCUT2D eigenvalue weighted by Crippen LogP contribution is -2.05. The van der Waals surface area contributed by atoms with Crippen LogP contribution >= 0.6 is 11.3 Å². The number of nitrogens with zero attached hydrogens (tertiary/aromatic N) is 3. The number of nitrogens with one attached hydrogen (secondary N) is 2. The van der Waals surface area contributed by atoms with Gasteiger partial charge in [-0.05, 0) is 55.7 Å². The minimum atomic E-state index is 0.452. The first-order valence-corrected chi connectivity index (χ1v) is 9.40. The summed E-state index contributed by atoms with van der Waals surface area (Å²) in [6.07, 6.45) is 1.49. The summed E-state index contributed by atoms with van der Waals surface area (Å²) in [6, 6.07) is 12.4. The van der Waals surface area contributed by atoms with Crippen LogP contribution in [0.5, 0.6) is 0 Å². The van der Waals surface area contributed by atoms with E-state index in [0.717, 1.165) is 26.6 Å². The van der Waals surface area contributed by atoms with Gasteiger partial charge in [-0.3, -0.25) is 0 Å². The fraction of sp³-hybridized carbons (Fsp3) is 0.150. The first-order valence-electron chi connectivity index (χ1n) is 8.58. The van der Waals surface area contributed by atoms with Crippen molar-refractivity contribution >= 4 is 49.7 Å². The second-order valence-electron chi connectivity index (χ2n) is 6.55. The van der Waals surface area contributed by atoms with Crippen molar-refractivity contribution in [3.63, 3.8) is 0 Å². The molecule has 4 rings (SSSR count). The summed E-state index contributed by atoms with van der Waals surface area (Å²) < 4.78 is 1.12. The van der Waals surface area contributed by atoms with Crippen LogP contribution in [0, 0.1) is 20.8 Å². The number of anilines is 5. The number of aryl methyl sites for hydroxylation is 3. The van der Waals surface area contributed by atoms with Crippen LogP contribution in [-0.2, 0) is 0 Å². The topological polar surface area (TPSA) is 88.8 Å². The number of nitrogen functional groups attached to an aromatic ring is 1. The Balaban J connectivity index is 1.64. The van der Waals surface area contributed by atoms with Crippen molar-refractivity contribution in [1.82, 2.24) is 15.0 Å². The number of para-hydroxylation sites is 1.